The van der Waals surface area contributed by atoms with Crippen molar-refractivity contribution in [3.63, 3.8) is 0 Å². The highest BCUT2D eigenvalue weighted by Crippen LogP contribution is 2.13. The van der Waals surface area contributed by atoms with Gasteiger partial charge in [-0.1, -0.05) is 52.3 Å². The SMILES string of the molecule is O=C(/C=C/c1ccc2ccccc2n1)OCC(=O)c1ccc(Br)cc1. The highest BCUT2D eigenvalue weighted by Gasteiger charge is 2.08. The number of fused-ring (bicyclic) bond motifs is 1. The predicted molar refractivity (Wildman–Crippen MR) is 100 cm³/mol. The lowest BCUT2D eigenvalue weighted by atomic mass is 10.1. The van der Waals surface area contributed by atoms with Gasteiger partial charge < -0.3 is 4.74 Å². The van der Waals surface area contributed by atoms with Crippen LogP contribution in [0.25, 0.3) is 17.0 Å². The summed E-state index contributed by atoms with van der Waals surface area (Å²) in [5.74, 6) is -0.835. The highest BCUT2D eigenvalue weighted by atomic mass is 79.9. The normalized spacial score (nSPS) is 10.9. The first kappa shape index (κ1) is 17.0. The fourth-order valence-corrected chi connectivity index (χ4v) is 2.50. The van der Waals surface area contributed by atoms with E-state index in [1.807, 2.05) is 36.4 Å². The minimum absolute atomic E-state index is 0.252. The van der Waals surface area contributed by atoms with Crippen LogP contribution in [0, 0.1) is 0 Å². The van der Waals surface area contributed by atoms with E-state index >= 15 is 0 Å². The third-order valence-electron chi connectivity index (χ3n) is 3.52. The number of esters is 1. The zero-order valence-corrected chi connectivity index (χ0v) is 14.8. The van der Waals surface area contributed by atoms with E-state index in [9.17, 15) is 9.59 Å². The first-order valence-electron chi connectivity index (χ1n) is 7.61. The maximum absolute atomic E-state index is 12.0. The van der Waals surface area contributed by atoms with E-state index < -0.39 is 5.97 Å². The fourth-order valence-electron chi connectivity index (χ4n) is 2.23. The van der Waals surface area contributed by atoms with E-state index in [0.717, 1.165) is 15.4 Å². The summed E-state index contributed by atoms with van der Waals surface area (Å²) in [4.78, 5) is 28.2. The molecule has 124 valence electrons. The van der Waals surface area contributed by atoms with Crippen LogP contribution in [0.15, 0.2) is 71.2 Å². The second-order valence-electron chi connectivity index (χ2n) is 5.30. The molecule has 0 radical (unpaired) electrons. The Labute approximate surface area is 153 Å². The Balaban J connectivity index is 1.58. The van der Waals surface area contributed by atoms with Gasteiger partial charge in [0, 0.05) is 21.5 Å². The van der Waals surface area contributed by atoms with Crippen molar-refractivity contribution < 1.29 is 14.3 Å². The van der Waals surface area contributed by atoms with Gasteiger partial charge in [-0.15, -0.1) is 0 Å². The number of hydrogen-bond donors (Lipinski definition) is 0. The molecule has 2 aromatic carbocycles. The van der Waals surface area contributed by atoms with Gasteiger partial charge in [0.1, 0.15) is 0 Å². The Morgan fingerprint density at radius 1 is 1.00 bits per heavy atom. The number of aromatic nitrogens is 1. The molecular weight excluding hydrogens is 382 g/mol. The van der Waals surface area contributed by atoms with Gasteiger partial charge in [-0.25, -0.2) is 9.78 Å². The molecule has 0 bridgehead atoms. The van der Waals surface area contributed by atoms with Crippen molar-refractivity contribution in [1.29, 1.82) is 0 Å². The van der Waals surface area contributed by atoms with Crippen LogP contribution < -0.4 is 0 Å². The molecule has 5 heteroatoms. The largest absolute Gasteiger partial charge is 0.454 e. The molecule has 0 atom stereocenters. The molecule has 0 saturated heterocycles. The molecule has 1 heterocycles. The molecule has 25 heavy (non-hydrogen) atoms. The van der Waals surface area contributed by atoms with Crippen molar-refractivity contribution in [3.8, 4) is 0 Å². The average molecular weight is 396 g/mol. The van der Waals surface area contributed by atoms with Crippen LogP contribution in [0.2, 0.25) is 0 Å². The van der Waals surface area contributed by atoms with Crippen LogP contribution in [-0.4, -0.2) is 23.3 Å². The number of carbonyl (C=O) groups excluding carboxylic acids is 2. The van der Waals surface area contributed by atoms with Crippen molar-refractivity contribution in [2.75, 3.05) is 6.61 Å². The molecule has 0 amide bonds. The molecule has 4 nitrogen and oxygen atoms in total. The van der Waals surface area contributed by atoms with E-state index in [0.29, 0.717) is 11.3 Å². The van der Waals surface area contributed by atoms with Crippen molar-refractivity contribution in [2.45, 2.75) is 0 Å². The number of ether oxygens (including phenoxy) is 1. The van der Waals surface area contributed by atoms with Gasteiger partial charge in [0.2, 0.25) is 0 Å². The number of para-hydroxylation sites is 1. The number of nitrogens with zero attached hydrogens (tertiary/aromatic N) is 1. The van der Waals surface area contributed by atoms with Crippen LogP contribution in [0.5, 0.6) is 0 Å². The van der Waals surface area contributed by atoms with Gasteiger partial charge in [-0.2, -0.15) is 0 Å². The van der Waals surface area contributed by atoms with E-state index in [1.54, 1.807) is 30.3 Å². The summed E-state index contributed by atoms with van der Waals surface area (Å²) in [6, 6.07) is 18.4. The number of carbonyl (C=O) groups is 2. The van der Waals surface area contributed by atoms with Crippen LogP contribution in [0.4, 0.5) is 0 Å². The molecule has 0 aliphatic rings. The van der Waals surface area contributed by atoms with E-state index in [-0.39, 0.29) is 12.4 Å². The summed E-state index contributed by atoms with van der Waals surface area (Å²) in [5.41, 5.74) is 1.99. The van der Waals surface area contributed by atoms with Crippen LogP contribution in [-0.2, 0) is 9.53 Å². The van der Waals surface area contributed by atoms with Crippen LogP contribution in [0.3, 0.4) is 0 Å². The van der Waals surface area contributed by atoms with Crippen LogP contribution >= 0.6 is 15.9 Å². The maximum atomic E-state index is 12.0. The van der Waals surface area contributed by atoms with Crippen molar-refractivity contribution in [3.05, 3.63) is 82.5 Å². The lowest BCUT2D eigenvalue weighted by molar-refractivity contribution is -0.136. The Morgan fingerprint density at radius 3 is 2.56 bits per heavy atom. The predicted octanol–water partition coefficient (Wildman–Crippen LogP) is 4.44. The molecule has 0 spiro atoms. The Hall–Kier alpha value is -2.79. The molecule has 3 rings (SSSR count). The number of ketones is 1. The third-order valence-corrected chi connectivity index (χ3v) is 4.05. The molecular formula is C20H14BrNO3. The van der Waals surface area contributed by atoms with Crippen molar-refractivity contribution >= 4 is 44.7 Å². The zero-order valence-electron chi connectivity index (χ0n) is 13.2. The molecule has 0 aliphatic carbocycles. The summed E-state index contributed by atoms with van der Waals surface area (Å²) in [5, 5.41) is 1.03. The minimum Gasteiger partial charge on any atom is -0.454 e. The second-order valence-corrected chi connectivity index (χ2v) is 6.22. The van der Waals surface area contributed by atoms with E-state index in [2.05, 4.69) is 20.9 Å². The first-order chi connectivity index (χ1) is 12.1. The zero-order chi connectivity index (χ0) is 17.6. The fraction of sp³-hybridized carbons (Fsp3) is 0.0500. The quantitative estimate of drug-likeness (QED) is 0.364. The lowest BCUT2D eigenvalue weighted by Crippen LogP contribution is -2.12. The van der Waals surface area contributed by atoms with Gasteiger partial charge in [-0.3, -0.25) is 4.79 Å². The van der Waals surface area contributed by atoms with Crippen LogP contribution in [0.1, 0.15) is 16.1 Å². The monoisotopic (exact) mass is 395 g/mol. The molecule has 3 aromatic rings. The topological polar surface area (TPSA) is 56.3 Å². The number of rotatable bonds is 5. The van der Waals surface area contributed by atoms with Gasteiger partial charge in [-0.05, 0) is 30.3 Å². The second kappa shape index (κ2) is 7.85. The molecule has 0 N–H and O–H groups in total. The summed E-state index contributed by atoms with van der Waals surface area (Å²) >= 11 is 3.30. The molecule has 1 aromatic heterocycles. The van der Waals surface area contributed by atoms with E-state index in [1.165, 1.54) is 6.08 Å². The molecule has 0 unspecified atom stereocenters. The molecule has 0 saturated carbocycles. The molecule has 0 fully saturated rings. The number of pyridine rings is 1. The summed E-state index contributed by atoms with van der Waals surface area (Å²) in [6.07, 6.45) is 2.84. The van der Waals surface area contributed by atoms with E-state index in [4.69, 9.17) is 4.74 Å². The highest BCUT2D eigenvalue weighted by molar-refractivity contribution is 9.10. The summed E-state index contributed by atoms with van der Waals surface area (Å²) in [7, 11) is 0. The number of hydrogen-bond acceptors (Lipinski definition) is 4. The average Bonchev–Trinajstić information content (AvgIpc) is 2.65. The maximum Gasteiger partial charge on any atom is 0.331 e. The molecule has 0 aliphatic heterocycles. The van der Waals surface area contributed by atoms with Gasteiger partial charge in [0.05, 0.1) is 11.2 Å². The number of halogens is 1. The number of Topliss-reactive ketones (excluding diaryl/α,β-unsaturated/α-hetero) is 1. The third kappa shape index (κ3) is 4.61. The Bertz CT molecular complexity index is 949. The smallest absolute Gasteiger partial charge is 0.331 e. The number of benzene rings is 2. The van der Waals surface area contributed by atoms with Gasteiger partial charge >= 0.3 is 5.97 Å². The minimum atomic E-state index is -0.583. The van der Waals surface area contributed by atoms with Crippen molar-refractivity contribution in [1.82, 2.24) is 4.98 Å². The van der Waals surface area contributed by atoms with Gasteiger partial charge in [0.15, 0.2) is 12.4 Å². The Kier molecular flexibility index (Phi) is 5.36. The summed E-state index contributed by atoms with van der Waals surface area (Å²) in [6.45, 7) is -0.296. The summed E-state index contributed by atoms with van der Waals surface area (Å²) < 4.78 is 5.86. The Morgan fingerprint density at radius 2 is 1.76 bits per heavy atom. The lowest BCUT2D eigenvalue weighted by Gasteiger charge is -2.02. The van der Waals surface area contributed by atoms with Gasteiger partial charge in [0.25, 0.3) is 0 Å². The van der Waals surface area contributed by atoms with Crippen molar-refractivity contribution in [2.24, 2.45) is 0 Å². The first-order valence-corrected chi connectivity index (χ1v) is 8.40. The standard InChI is InChI=1S/C20H14BrNO3/c21-16-8-5-15(6-9-16)19(23)13-25-20(24)12-11-17-10-7-14-3-1-2-4-18(14)22-17/h1-12H,13H2/b12-11+.